The lowest BCUT2D eigenvalue weighted by atomic mass is 10.2. The molecule has 0 N–H and O–H groups in total. The number of benzene rings is 1. The summed E-state index contributed by atoms with van der Waals surface area (Å²) >= 11 is 6.02. The molecule has 0 radical (unpaired) electrons. The normalized spacial score (nSPS) is 11.8. The van der Waals surface area contributed by atoms with Crippen LogP contribution in [0.2, 0.25) is 5.02 Å². The van der Waals surface area contributed by atoms with Crippen molar-refractivity contribution in [2.24, 2.45) is 7.05 Å². The first-order valence-electron chi connectivity index (χ1n) is 8.48. The van der Waals surface area contributed by atoms with Crippen LogP contribution in [0.4, 0.5) is 4.39 Å². The predicted octanol–water partition coefficient (Wildman–Crippen LogP) is 3.12. The van der Waals surface area contributed by atoms with E-state index in [4.69, 9.17) is 11.6 Å². The quantitative estimate of drug-likeness (QED) is 0.698. The summed E-state index contributed by atoms with van der Waals surface area (Å²) in [5.41, 5.74) is 0.399. The van der Waals surface area contributed by atoms with E-state index in [1.165, 1.54) is 45.2 Å². The Hall–Kier alpha value is -1.90. The third kappa shape index (κ3) is 4.34. The first kappa shape index (κ1) is 21.4. The van der Waals surface area contributed by atoms with Gasteiger partial charge in [0.2, 0.25) is 10.0 Å². The van der Waals surface area contributed by atoms with Crippen LogP contribution >= 0.6 is 11.6 Å². The van der Waals surface area contributed by atoms with E-state index in [0.717, 1.165) is 0 Å². The van der Waals surface area contributed by atoms with Crippen molar-refractivity contribution in [3.05, 3.63) is 52.6 Å². The second kappa shape index (κ2) is 8.41. The Balaban J connectivity index is 2.31. The molecule has 148 valence electrons. The number of sulfonamides is 1. The van der Waals surface area contributed by atoms with E-state index in [1.807, 2.05) is 0 Å². The molecule has 27 heavy (non-hydrogen) atoms. The molecule has 0 bridgehead atoms. The van der Waals surface area contributed by atoms with Gasteiger partial charge >= 0.3 is 0 Å². The van der Waals surface area contributed by atoms with Gasteiger partial charge in [0, 0.05) is 44.0 Å². The van der Waals surface area contributed by atoms with E-state index in [-0.39, 0.29) is 27.7 Å². The smallest absolute Gasteiger partial charge is 0.270 e. The molecule has 0 aliphatic heterocycles. The molecule has 0 spiro atoms. The minimum absolute atomic E-state index is 0.0341. The molecule has 1 amide bonds. The highest BCUT2D eigenvalue weighted by molar-refractivity contribution is 7.89. The zero-order chi connectivity index (χ0) is 20.4. The van der Waals surface area contributed by atoms with E-state index >= 15 is 0 Å². The first-order valence-corrected chi connectivity index (χ1v) is 10.3. The lowest BCUT2D eigenvalue weighted by molar-refractivity contribution is 0.0774. The van der Waals surface area contributed by atoms with Crippen LogP contribution in [0, 0.1) is 5.82 Å². The van der Waals surface area contributed by atoms with Crippen LogP contribution in [0.15, 0.2) is 35.4 Å². The predicted molar refractivity (Wildman–Crippen MR) is 103 cm³/mol. The number of carbonyl (C=O) groups is 1. The minimum Gasteiger partial charge on any atom is -0.345 e. The zero-order valence-electron chi connectivity index (χ0n) is 15.7. The Morgan fingerprint density at radius 2 is 1.89 bits per heavy atom. The van der Waals surface area contributed by atoms with Crippen LogP contribution in [-0.4, -0.2) is 48.2 Å². The molecule has 0 unspecified atom stereocenters. The number of aryl methyl sites for hydroxylation is 1. The lowest BCUT2D eigenvalue weighted by Gasteiger charge is -2.18. The number of aromatic nitrogens is 1. The molecule has 2 rings (SSSR count). The molecule has 0 atom stereocenters. The van der Waals surface area contributed by atoms with Crippen LogP contribution in [0.25, 0.3) is 0 Å². The van der Waals surface area contributed by atoms with Crippen molar-refractivity contribution in [3.63, 3.8) is 0 Å². The van der Waals surface area contributed by atoms with Crippen molar-refractivity contribution in [1.82, 2.24) is 13.8 Å². The fraction of sp³-hybridized carbons (Fsp3) is 0.389. The third-order valence-corrected chi connectivity index (χ3v) is 6.72. The average molecular weight is 416 g/mol. The molecular formula is C18H23ClFN3O3S. The van der Waals surface area contributed by atoms with Gasteiger partial charge < -0.3 is 9.47 Å². The van der Waals surface area contributed by atoms with Crippen molar-refractivity contribution < 1.29 is 17.6 Å². The Kier molecular flexibility index (Phi) is 6.67. The van der Waals surface area contributed by atoms with E-state index in [0.29, 0.717) is 13.1 Å². The van der Waals surface area contributed by atoms with Crippen molar-refractivity contribution in [1.29, 1.82) is 0 Å². The number of amides is 1. The summed E-state index contributed by atoms with van der Waals surface area (Å²) < 4.78 is 42.1. The second-order valence-corrected chi connectivity index (χ2v) is 8.47. The summed E-state index contributed by atoms with van der Waals surface area (Å²) in [6.07, 6.45) is 1.41. The topological polar surface area (TPSA) is 62.6 Å². The maximum Gasteiger partial charge on any atom is 0.270 e. The average Bonchev–Trinajstić information content (AvgIpc) is 3.01. The van der Waals surface area contributed by atoms with E-state index < -0.39 is 21.7 Å². The van der Waals surface area contributed by atoms with Crippen LogP contribution in [0.1, 0.15) is 29.9 Å². The monoisotopic (exact) mass is 415 g/mol. The van der Waals surface area contributed by atoms with E-state index in [2.05, 4.69) is 0 Å². The summed E-state index contributed by atoms with van der Waals surface area (Å²) in [4.78, 5) is 14.1. The Bertz CT molecular complexity index is 919. The molecule has 6 nitrogen and oxygen atoms in total. The van der Waals surface area contributed by atoms with Crippen LogP contribution in [-0.2, 0) is 23.6 Å². The number of halogens is 2. The van der Waals surface area contributed by atoms with Crippen molar-refractivity contribution >= 4 is 27.5 Å². The van der Waals surface area contributed by atoms with Crippen molar-refractivity contribution in [2.75, 3.05) is 20.1 Å². The van der Waals surface area contributed by atoms with Crippen molar-refractivity contribution in [2.45, 2.75) is 25.3 Å². The van der Waals surface area contributed by atoms with Gasteiger partial charge in [0.05, 0.1) is 6.54 Å². The highest BCUT2D eigenvalue weighted by atomic mass is 35.5. The van der Waals surface area contributed by atoms with Crippen molar-refractivity contribution in [3.8, 4) is 0 Å². The summed E-state index contributed by atoms with van der Waals surface area (Å²) in [5.74, 6) is -0.934. The summed E-state index contributed by atoms with van der Waals surface area (Å²) in [6.45, 7) is 4.14. The van der Waals surface area contributed by atoms with Crippen LogP contribution in [0.5, 0.6) is 0 Å². The highest BCUT2D eigenvalue weighted by Crippen LogP contribution is 2.23. The minimum atomic E-state index is -3.67. The van der Waals surface area contributed by atoms with Crippen LogP contribution < -0.4 is 0 Å². The fourth-order valence-electron chi connectivity index (χ4n) is 2.79. The number of carbonyl (C=O) groups excluding carboxylic acids is 1. The van der Waals surface area contributed by atoms with Gasteiger partial charge in [-0.1, -0.05) is 31.5 Å². The maximum atomic E-state index is 14.0. The van der Waals surface area contributed by atoms with Gasteiger partial charge in [0.25, 0.3) is 5.91 Å². The molecule has 0 fully saturated rings. The molecule has 0 aliphatic carbocycles. The standard InChI is InChI=1S/C18H23ClFN3O3S/c1-5-23(6-2)27(25,26)13-10-17(21(3)11-13)18(24)22(4)12-14-15(19)8-7-9-16(14)20/h7-11H,5-6,12H2,1-4H3. The second-order valence-electron chi connectivity index (χ2n) is 6.12. The molecule has 9 heteroatoms. The SMILES string of the molecule is CCN(CC)S(=O)(=O)c1cc(C(=O)N(C)Cc2c(F)cccc2Cl)n(C)c1. The number of rotatable bonds is 7. The Morgan fingerprint density at radius 1 is 1.26 bits per heavy atom. The summed E-state index contributed by atoms with van der Waals surface area (Å²) in [7, 11) is -0.568. The molecule has 0 saturated carbocycles. The third-order valence-electron chi connectivity index (χ3n) is 4.35. The van der Waals surface area contributed by atoms with Gasteiger partial charge in [-0.05, 0) is 18.2 Å². The maximum absolute atomic E-state index is 14.0. The Labute approximate surface area is 164 Å². The van der Waals surface area contributed by atoms with E-state index in [1.54, 1.807) is 27.0 Å². The molecule has 1 aromatic heterocycles. The van der Waals surface area contributed by atoms with Gasteiger partial charge in [-0.25, -0.2) is 12.8 Å². The van der Waals surface area contributed by atoms with Gasteiger partial charge in [-0.3, -0.25) is 4.79 Å². The fourth-order valence-corrected chi connectivity index (χ4v) is 4.54. The molecule has 1 heterocycles. The lowest BCUT2D eigenvalue weighted by Crippen LogP contribution is -2.30. The molecule has 2 aromatic rings. The number of hydrogen-bond acceptors (Lipinski definition) is 3. The number of hydrogen-bond donors (Lipinski definition) is 0. The molecule has 0 saturated heterocycles. The molecule has 1 aromatic carbocycles. The number of nitrogens with zero attached hydrogens (tertiary/aromatic N) is 3. The largest absolute Gasteiger partial charge is 0.345 e. The zero-order valence-corrected chi connectivity index (χ0v) is 17.3. The van der Waals surface area contributed by atoms with Gasteiger partial charge in [0.1, 0.15) is 16.4 Å². The summed E-state index contributed by atoms with van der Waals surface area (Å²) in [5, 5.41) is 0.228. The van der Waals surface area contributed by atoms with Crippen LogP contribution in [0.3, 0.4) is 0 Å². The summed E-state index contributed by atoms with van der Waals surface area (Å²) in [6, 6.07) is 5.66. The van der Waals surface area contributed by atoms with E-state index in [9.17, 15) is 17.6 Å². The van der Waals surface area contributed by atoms with Gasteiger partial charge in [0.15, 0.2) is 0 Å². The molecule has 0 aliphatic rings. The Morgan fingerprint density at radius 3 is 2.44 bits per heavy atom. The molecular weight excluding hydrogens is 393 g/mol. The van der Waals surface area contributed by atoms with Gasteiger partial charge in [-0.15, -0.1) is 0 Å². The highest BCUT2D eigenvalue weighted by Gasteiger charge is 2.26. The van der Waals surface area contributed by atoms with Gasteiger partial charge in [-0.2, -0.15) is 4.31 Å². The first-order chi connectivity index (χ1) is 12.6.